The Morgan fingerprint density at radius 3 is 2.43 bits per heavy atom. The minimum Gasteiger partial charge on any atom is -0.497 e. The first kappa shape index (κ1) is 15.4. The molecule has 0 atom stereocenters. The van der Waals surface area contributed by atoms with E-state index in [1.54, 1.807) is 14.2 Å². The number of pyridine rings is 1. The van der Waals surface area contributed by atoms with Crippen molar-refractivity contribution in [2.24, 2.45) is 0 Å². The first-order valence-corrected chi connectivity index (χ1v) is 7.40. The van der Waals surface area contributed by atoms with Crippen molar-refractivity contribution in [3.8, 4) is 11.5 Å². The summed E-state index contributed by atoms with van der Waals surface area (Å²) in [5.74, 6) is 2.42. The van der Waals surface area contributed by atoms with Gasteiger partial charge in [0.2, 0.25) is 0 Å². The second kappa shape index (κ2) is 7.74. The Balaban J connectivity index is 2.16. The number of thiol groups is 1. The maximum absolute atomic E-state index is 5.38. The van der Waals surface area contributed by atoms with Gasteiger partial charge in [-0.2, -0.15) is 12.6 Å². The van der Waals surface area contributed by atoms with E-state index in [0.29, 0.717) is 0 Å². The fraction of sp³-hybridized carbons (Fsp3) is 0.235. The molecule has 0 aliphatic heterocycles. The van der Waals surface area contributed by atoms with Gasteiger partial charge in [0.25, 0.3) is 0 Å². The van der Waals surface area contributed by atoms with E-state index in [4.69, 9.17) is 9.47 Å². The highest BCUT2D eigenvalue weighted by Crippen LogP contribution is 2.26. The molecule has 2 aromatic rings. The van der Waals surface area contributed by atoms with E-state index in [1.165, 1.54) is 0 Å². The smallest absolute Gasteiger partial charge is 0.169 e. The summed E-state index contributed by atoms with van der Waals surface area (Å²) < 4.78 is 12.7. The van der Waals surface area contributed by atoms with Crippen molar-refractivity contribution >= 4 is 24.8 Å². The Bertz CT molecular complexity index is 609. The number of ether oxygens (including phenoxy) is 2. The van der Waals surface area contributed by atoms with E-state index in [-0.39, 0.29) is 0 Å². The van der Waals surface area contributed by atoms with Gasteiger partial charge in [-0.1, -0.05) is 12.2 Å². The van der Waals surface area contributed by atoms with Gasteiger partial charge in [0.05, 0.1) is 14.2 Å². The van der Waals surface area contributed by atoms with Crippen LogP contribution in [0, 0.1) is 0 Å². The molecule has 2 rings (SSSR count). The first-order chi connectivity index (χ1) is 10.3. The van der Waals surface area contributed by atoms with Gasteiger partial charge in [-0.25, -0.2) is 4.57 Å². The molecule has 1 aromatic heterocycles. The second-order valence-corrected chi connectivity index (χ2v) is 4.98. The van der Waals surface area contributed by atoms with Crippen LogP contribution in [0.15, 0.2) is 42.7 Å². The summed E-state index contributed by atoms with van der Waals surface area (Å²) in [6.07, 6.45) is 8.22. The van der Waals surface area contributed by atoms with Crippen LogP contribution in [0.1, 0.15) is 11.1 Å². The number of hydrogen-bond donors (Lipinski definition) is 1. The average molecular weight is 302 g/mol. The summed E-state index contributed by atoms with van der Waals surface area (Å²) in [4.78, 5) is 0. The van der Waals surface area contributed by atoms with Crippen LogP contribution in [0.25, 0.3) is 12.2 Å². The third-order valence-corrected chi connectivity index (χ3v) is 3.37. The van der Waals surface area contributed by atoms with E-state index >= 15 is 0 Å². The third-order valence-electron chi connectivity index (χ3n) is 3.17. The van der Waals surface area contributed by atoms with Crippen molar-refractivity contribution in [3.05, 3.63) is 53.9 Å². The van der Waals surface area contributed by atoms with Gasteiger partial charge >= 0.3 is 0 Å². The molecule has 0 fully saturated rings. The van der Waals surface area contributed by atoms with Gasteiger partial charge in [0.1, 0.15) is 11.5 Å². The summed E-state index contributed by atoms with van der Waals surface area (Å²) >= 11 is 4.23. The minimum atomic E-state index is 0.788. The lowest BCUT2D eigenvalue weighted by Gasteiger charge is -2.07. The quantitative estimate of drug-likeness (QED) is 0.654. The maximum atomic E-state index is 5.38. The van der Waals surface area contributed by atoms with Crippen LogP contribution >= 0.6 is 12.6 Å². The van der Waals surface area contributed by atoms with Gasteiger partial charge in [-0.15, -0.1) is 0 Å². The number of hydrogen-bond acceptors (Lipinski definition) is 3. The van der Waals surface area contributed by atoms with Crippen LogP contribution in [0.2, 0.25) is 0 Å². The molecule has 110 valence electrons. The summed E-state index contributed by atoms with van der Waals surface area (Å²) in [6, 6.07) is 9.95. The molecule has 0 aliphatic rings. The number of aryl methyl sites for hydroxylation is 1. The van der Waals surface area contributed by atoms with Crippen LogP contribution in [-0.4, -0.2) is 20.0 Å². The molecule has 0 saturated heterocycles. The molecular formula is C17H20NO2S+. The lowest BCUT2D eigenvalue weighted by molar-refractivity contribution is -0.692. The molecule has 4 heteroatoms. The highest BCUT2D eigenvalue weighted by Gasteiger charge is 2.02. The van der Waals surface area contributed by atoms with Gasteiger partial charge in [-0.05, 0) is 17.7 Å². The van der Waals surface area contributed by atoms with Crippen molar-refractivity contribution in [3.63, 3.8) is 0 Å². The lowest BCUT2D eigenvalue weighted by Crippen LogP contribution is -2.33. The number of aromatic nitrogens is 1. The lowest BCUT2D eigenvalue weighted by atomic mass is 10.1. The largest absolute Gasteiger partial charge is 0.497 e. The van der Waals surface area contributed by atoms with Crippen molar-refractivity contribution in [2.75, 3.05) is 20.0 Å². The molecule has 3 nitrogen and oxygen atoms in total. The molecule has 21 heavy (non-hydrogen) atoms. The topological polar surface area (TPSA) is 22.3 Å². The molecule has 0 unspecified atom stereocenters. The van der Waals surface area contributed by atoms with E-state index < -0.39 is 0 Å². The normalized spacial score (nSPS) is 10.8. The molecule has 0 saturated carbocycles. The summed E-state index contributed by atoms with van der Waals surface area (Å²) in [5, 5.41) is 0. The fourth-order valence-electron chi connectivity index (χ4n) is 1.99. The number of rotatable bonds is 6. The van der Waals surface area contributed by atoms with Gasteiger partial charge in [-0.3, -0.25) is 0 Å². The predicted molar refractivity (Wildman–Crippen MR) is 89.0 cm³/mol. The Labute approximate surface area is 131 Å². The minimum absolute atomic E-state index is 0.788. The van der Waals surface area contributed by atoms with Gasteiger partial charge in [0, 0.05) is 29.5 Å². The summed E-state index contributed by atoms with van der Waals surface area (Å²) in [7, 11) is 3.31. The van der Waals surface area contributed by atoms with Gasteiger partial charge in [0.15, 0.2) is 18.9 Å². The zero-order valence-electron chi connectivity index (χ0n) is 12.3. The Morgan fingerprint density at radius 2 is 1.81 bits per heavy atom. The molecule has 0 spiro atoms. The van der Waals surface area contributed by atoms with Crippen LogP contribution in [-0.2, 0) is 6.54 Å². The molecule has 0 radical (unpaired) electrons. The predicted octanol–water partition coefficient (Wildman–Crippen LogP) is 3.09. The summed E-state index contributed by atoms with van der Waals surface area (Å²) in [5.41, 5.74) is 2.16. The van der Waals surface area contributed by atoms with E-state index in [0.717, 1.165) is 34.9 Å². The molecule has 0 bridgehead atoms. The maximum Gasteiger partial charge on any atom is 0.169 e. The fourth-order valence-corrected chi connectivity index (χ4v) is 2.22. The second-order valence-electron chi connectivity index (χ2n) is 4.53. The Hall–Kier alpha value is -1.94. The third kappa shape index (κ3) is 4.26. The van der Waals surface area contributed by atoms with Gasteiger partial charge < -0.3 is 9.47 Å². The summed E-state index contributed by atoms with van der Waals surface area (Å²) in [6.45, 7) is 0.916. The van der Waals surface area contributed by atoms with Crippen molar-refractivity contribution in [1.29, 1.82) is 0 Å². The van der Waals surface area contributed by atoms with Crippen LogP contribution < -0.4 is 14.0 Å². The van der Waals surface area contributed by atoms with Crippen molar-refractivity contribution in [1.82, 2.24) is 0 Å². The first-order valence-electron chi connectivity index (χ1n) is 6.77. The molecule has 0 N–H and O–H groups in total. The Morgan fingerprint density at radius 1 is 1.05 bits per heavy atom. The number of benzene rings is 1. The molecule has 0 aliphatic carbocycles. The molecular weight excluding hydrogens is 282 g/mol. The highest BCUT2D eigenvalue weighted by molar-refractivity contribution is 7.80. The monoisotopic (exact) mass is 302 g/mol. The number of methoxy groups -OCH3 is 2. The molecule has 1 aromatic carbocycles. The average Bonchev–Trinajstić information content (AvgIpc) is 2.54. The Kier molecular flexibility index (Phi) is 5.69. The number of nitrogens with zero attached hydrogens (tertiary/aromatic N) is 1. The van der Waals surface area contributed by atoms with Crippen LogP contribution in [0.5, 0.6) is 11.5 Å². The van der Waals surface area contributed by atoms with E-state index in [2.05, 4.69) is 47.8 Å². The van der Waals surface area contributed by atoms with Crippen LogP contribution in [0.4, 0.5) is 0 Å². The standard InChI is InChI=1S/C17H19NO2S/c1-19-16-6-5-15(17(13-16)20-2)4-3-14-7-9-18(10-8-14)11-12-21/h3-10,13H,11-12H2,1-2H3/p+1/b4-3+. The zero-order chi connectivity index (χ0) is 15.1. The van der Waals surface area contributed by atoms with Crippen molar-refractivity contribution < 1.29 is 14.0 Å². The van der Waals surface area contributed by atoms with E-state index in [9.17, 15) is 0 Å². The molecule has 0 amide bonds. The van der Waals surface area contributed by atoms with Crippen LogP contribution in [0.3, 0.4) is 0 Å². The zero-order valence-corrected chi connectivity index (χ0v) is 13.2. The van der Waals surface area contributed by atoms with E-state index in [1.807, 2.05) is 24.3 Å². The SMILES string of the molecule is COc1ccc(/C=C/c2cc[n+](CCS)cc2)c(OC)c1. The molecule has 1 heterocycles. The highest BCUT2D eigenvalue weighted by atomic mass is 32.1. The van der Waals surface area contributed by atoms with Crippen molar-refractivity contribution in [2.45, 2.75) is 6.54 Å².